The van der Waals surface area contributed by atoms with Crippen LogP contribution in [-0.4, -0.2) is 40.9 Å². The molecule has 5 rings (SSSR count). The molecule has 25 heavy (non-hydrogen) atoms. The summed E-state index contributed by atoms with van der Waals surface area (Å²) in [5.41, 5.74) is -0.586. The molecular weight excluding hydrogens is 316 g/mol. The Morgan fingerprint density at radius 3 is 2.40 bits per heavy atom. The maximum atomic E-state index is 11.1. The van der Waals surface area contributed by atoms with Gasteiger partial charge >= 0.3 is 0 Å². The van der Waals surface area contributed by atoms with Crippen molar-refractivity contribution >= 4 is 0 Å². The van der Waals surface area contributed by atoms with E-state index in [1.807, 2.05) is 6.92 Å². The van der Waals surface area contributed by atoms with Crippen molar-refractivity contribution in [3.63, 3.8) is 0 Å². The van der Waals surface area contributed by atoms with Crippen LogP contribution in [0.2, 0.25) is 0 Å². The van der Waals surface area contributed by atoms with Gasteiger partial charge in [0, 0.05) is 12.8 Å². The molecule has 1 heterocycles. The average molecular weight is 350 g/mol. The minimum Gasteiger partial charge on any atom is -0.393 e. The summed E-state index contributed by atoms with van der Waals surface area (Å²) in [5, 5.41) is 22.1. The molecule has 0 aromatic heterocycles. The van der Waals surface area contributed by atoms with E-state index >= 15 is 0 Å². The summed E-state index contributed by atoms with van der Waals surface area (Å²) in [5.74, 6) is 2.39. The molecule has 5 aliphatic rings. The maximum absolute atomic E-state index is 11.1. The van der Waals surface area contributed by atoms with Gasteiger partial charge in [0.15, 0.2) is 5.79 Å². The summed E-state index contributed by atoms with van der Waals surface area (Å²) in [4.78, 5) is 0. The lowest BCUT2D eigenvalue weighted by molar-refractivity contribution is -0.222. The predicted molar refractivity (Wildman–Crippen MR) is 93.8 cm³/mol. The molecule has 0 unspecified atom stereocenters. The quantitative estimate of drug-likeness (QED) is 0.705. The lowest BCUT2D eigenvalue weighted by Crippen LogP contribution is -2.57. The van der Waals surface area contributed by atoms with Gasteiger partial charge in [-0.15, -0.1) is 0 Å². The lowest BCUT2D eigenvalue weighted by atomic mass is 9.48. The van der Waals surface area contributed by atoms with E-state index in [1.54, 1.807) is 0 Å². The van der Waals surface area contributed by atoms with Crippen LogP contribution in [0.3, 0.4) is 0 Å². The van der Waals surface area contributed by atoms with Gasteiger partial charge in [-0.3, -0.25) is 0 Å². The third-order valence-corrected chi connectivity index (χ3v) is 9.34. The van der Waals surface area contributed by atoms with Crippen LogP contribution in [0.25, 0.3) is 0 Å². The van der Waals surface area contributed by atoms with Gasteiger partial charge in [-0.25, -0.2) is 0 Å². The highest BCUT2D eigenvalue weighted by molar-refractivity contribution is 5.12. The van der Waals surface area contributed by atoms with Crippen LogP contribution in [0.15, 0.2) is 0 Å². The number of ether oxygens (including phenoxy) is 2. The number of hydrogen-bond donors (Lipinski definition) is 2. The van der Waals surface area contributed by atoms with Gasteiger partial charge in [0.1, 0.15) is 0 Å². The molecule has 4 nitrogen and oxygen atoms in total. The summed E-state index contributed by atoms with van der Waals surface area (Å²) >= 11 is 0. The Hall–Kier alpha value is -0.160. The highest BCUT2D eigenvalue weighted by Crippen LogP contribution is 2.65. The minimum atomic E-state index is -0.568. The molecule has 4 saturated carbocycles. The Bertz CT molecular complexity index is 540. The van der Waals surface area contributed by atoms with E-state index < -0.39 is 5.60 Å². The first-order chi connectivity index (χ1) is 11.9. The summed E-state index contributed by atoms with van der Waals surface area (Å²) < 4.78 is 12.0. The lowest BCUT2D eigenvalue weighted by Gasteiger charge is -2.59. The third kappa shape index (κ3) is 2.27. The average Bonchev–Trinajstić information content (AvgIpc) is 3.10. The molecule has 4 heteroatoms. The van der Waals surface area contributed by atoms with Crippen molar-refractivity contribution in [3.05, 3.63) is 0 Å². The Balaban J connectivity index is 1.41. The SMILES string of the molecule is C[C@]1(O)CC[C@H]2[C@H]3[C@H](CC[C@@]21C)[C@H]1CCC2(C[C@@H]1C[C@@H]3O)OCCO2. The fraction of sp³-hybridized carbons (Fsp3) is 1.00. The molecule has 5 fully saturated rings. The number of aliphatic hydroxyl groups excluding tert-OH is 1. The van der Waals surface area contributed by atoms with Gasteiger partial charge in [0.25, 0.3) is 0 Å². The predicted octanol–water partition coefficient (Wildman–Crippen LogP) is 3.10. The second-order valence-corrected chi connectivity index (χ2v) is 10.2. The van der Waals surface area contributed by atoms with E-state index in [4.69, 9.17) is 9.47 Å². The first-order valence-electron chi connectivity index (χ1n) is 10.5. The monoisotopic (exact) mass is 350 g/mol. The second-order valence-electron chi connectivity index (χ2n) is 10.2. The van der Waals surface area contributed by atoms with Crippen molar-refractivity contribution < 1.29 is 19.7 Å². The fourth-order valence-electron chi connectivity index (χ4n) is 7.85. The standard InChI is InChI=1S/C21H34O4/c1-19-6-3-15-14-4-8-21(24-9-10-25-21)12-13(14)11-17(22)18(15)16(19)5-7-20(19,2)23/h13-18,22-23H,3-12H2,1-2H3/t13-,14-,15+,16-,17-,18+,19-,20-/m0/s1. The van der Waals surface area contributed by atoms with Crippen molar-refractivity contribution in [2.24, 2.45) is 35.0 Å². The number of hydrogen-bond acceptors (Lipinski definition) is 4. The van der Waals surface area contributed by atoms with Gasteiger partial charge in [-0.05, 0) is 80.5 Å². The molecule has 1 saturated heterocycles. The number of rotatable bonds is 0. The Kier molecular flexibility index (Phi) is 3.69. The van der Waals surface area contributed by atoms with E-state index in [0.29, 0.717) is 29.6 Å². The Morgan fingerprint density at radius 2 is 1.64 bits per heavy atom. The molecule has 1 spiro atoms. The van der Waals surface area contributed by atoms with Crippen LogP contribution < -0.4 is 0 Å². The molecule has 8 atom stereocenters. The fourth-order valence-corrected chi connectivity index (χ4v) is 7.85. The van der Waals surface area contributed by atoms with Gasteiger partial charge in [-0.1, -0.05) is 6.92 Å². The van der Waals surface area contributed by atoms with Crippen LogP contribution in [0, 0.1) is 35.0 Å². The summed E-state index contributed by atoms with van der Waals surface area (Å²) in [6.45, 7) is 5.77. The topological polar surface area (TPSA) is 58.9 Å². The molecule has 0 radical (unpaired) electrons. The zero-order valence-corrected chi connectivity index (χ0v) is 15.7. The van der Waals surface area contributed by atoms with Gasteiger partial charge in [0.2, 0.25) is 0 Å². The van der Waals surface area contributed by atoms with Crippen molar-refractivity contribution in [3.8, 4) is 0 Å². The van der Waals surface area contributed by atoms with Crippen LogP contribution in [-0.2, 0) is 9.47 Å². The molecule has 4 aliphatic carbocycles. The summed E-state index contributed by atoms with van der Waals surface area (Å²) in [7, 11) is 0. The molecule has 0 amide bonds. The van der Waals surface area contributed by atoms with E-state index in [9.17, 15) is 10.2 Å². The molecule has 0 aromatic carbocycles. The van der Waals surface area contributed by atoms with E-state index in [1.165, 1.54) is 12.8 Å². The molecule has 1 aliphatic heterocycles. The maximum Gasteiger partial charge on any atom is 0.168 e. The Morgan fingerprint density at radius 1 is 0.920 bits per heavy atom. The number of fused-ring (bicyclic) bond motifs is 5. The van der Waals surface area contributed by atoms with Crippen molar-refractivity contribution in [1.82, 2.24) is 0 Å². The summed E-state index contributed by atoms with van der Waals surface area (Å²) in [6, 6.07) is 0. The van der Waals surface area contributed by atoms with Gasteiger partial charge < -0.3 is 19.7 Å². The van der Waals surface area contributed by atoms with Gasteiger partial charge in [0.05, 0.1) is 24.9 Å². The van der Waals surface area contributed by atoms with Crippen LogP contribution in [0.1, 0.15) is 65.2 Å². The van der Waals surface area contributed by atoms with E-state index in [0.717, 1.165) is 51.7 Å². The highest BCUT2D eigenvalue weighted by atomic mass is 16.7. The zero-order valence-electron chi connectivity index (χ0n) is 15.7. The van der Waals surface area contributed by atoms with E-state index in [-0.39, 0.29) is 17.3 Å². The smallest absolute Gasteiger partial charge is 0.168 e. The summed E-state index contributed by atoms with van der Waals surface area (Å²) in [6.07, 6.45) is 8.10. The molecular formula is C21H34O4. The van der Waals surface area contributed by atoms with E-state index in [2.05, 4.69) is 6.92 Å². The van der Waals surface area contributed by atoms with Gasteiger partial charge in [-0.2, -0.15) is 0 Å². The molecule has 0 aromatic rings. The molecule has 0 bridgehead atoms. The third-order valence-electron chi connectivity index (χ3n) is 9.34. The zero-order chi connectivity index (χ0) is 17.4. The van der Waals surface area contributed by atoms with Crippen molar-refractivity contribution in [2.45, 2.75) is 82.7 Å². The molecule has 2 N–H and O–H groups in total. The van der Waals surface area contributed by atoms with Crippen LogP contribution >= 0.6 is 0 Å². The normalized spacial score (nSPS) is 57.1. The Labute approximate surface area is 151 Å². The first kappa shape index (κ1) is 17.0. The second kappa shape index (κ2) is 5.43. The van der Waals surface area contributed by atoms with Crippen molar-refractivity contribution in [1.29, 1.82) is 0 Å². The van der Waals surface area contributed by atoms with Crippen molar-refractivity contribution in [2.75, 3.05) is 13.2 Å². The molecule has 142 valence electrons. The van der Waals surface area contributed by atoms with Crippen LogP contribution in [0.5, 0.6) is 0 Å². The largest absolute Gasteiger partial charge is 0.393 e. The van der Waals surface area contributed by atoms with Crippen LogP contribution in [0.4, 0.5) is 0 Å². The first-order valence-corrected chi connectivity index (χ1v) is 10.5. The highest BCUT2D eigenvalue weighted by Gasteiger charge is 2.63. The minimum absolute atomic E-state index is 0.0183. The number of aliphatic hydroxyl groups is 2.